The Hall–Kier alpha value is -2.23. The van der Waals surface area contributed by atoms with Crippen LogP contribution in [0, 0.1) is 6.92 Å². The molecule has 1 fully saturated rings. The van der Waals surface area contributed by atoms with Gasteiger partial charge in [0.05, 0.1) is 16.3 Å². The molecule has 1 N–H and O–H groups in total. The first-order valence-electron chi connectivity index (χ1n) is 10.6. The Morgan fingerprint density at radius 3 is 2.39 bits per heavy atom. The van der Waals surface area contributed by atoms with Crippen LogP contribution in [-0.4, -0.2) is 62.2 Å². The molecule has 1 saturated heterocycles. The maximum atomic E-state index is 13.1. The number of carbonyl (C=O) groups is 2. The first kappa shape index (κ1) is 22.0. The second kappa shape index (κ2) is 9.10. The number of amides is 2. The molecule has 0 atom stereocenters. The largest absolute Gasteiger partial charge is 0.342 e. The molecule has 2 amide bonds. The van der Waals surface area contributed by atoms with Gasteiger partial charge in [-0.25, -0.2) is 8.42 Å². The predicted octanol–water partition coefficient (Wildman–Crippen LogP) is 2.20. The summed E-state index contributed by atoms with van der Waals surface area (Å²) in [6, 6.07) is 9.08. The van der Waals surface area contributed by atoms with Crippen LogP contribution in [0.5, 0.6) is 0 Å². The molecule has 4 rings (SSSR count). The molecule has 31 heavy (non-hydrogen) atoms. The van der Waals surface area contributed by atoms with E-state index < -0.39 is 10.0 Å². The predicted molar refractivity (Wildman–Crippen MR) is 120 cm³/mol. The van der Waals surface area contributed by atoms with Gasteiger partial charge in [0.15, 0.2) is 0 Å². The highest BCUT2D eigenvalue weighted by Gasteiger charge is 2.30. The number of nitrogens with zero attached hydrogens (tertiary/aromatic N) is 2. The molecule has 0 unspecified atom stereocenters. The van der Waals surface area contributed by atoms with Crippen molar-refractivity contribution in [3.05, 3.63) is 51.2 Å². The number of nitrogens with one attached hydrogen (secondary N) is 1. The van der Waals surface area contributed by atoms with Crippen molar-refractivity contribution in [3.63, 3.8) is 0 Å². The van der Waals surface area contributed by atoms with Gasteiger partial charge in [0.25, 0.3) is 5.91 Å². The number of piperazine rings is 1. The average molecular weight is 462 g/mol. The van der Waals surface area contributed by atoms with Crippen molar-refractivity contribution in [2.75, 3.05) is 32.7 Å². The number of hydrogen-bond acceptors (Lipinski definition) is 5. The summed E-state index contributed by atoms with van der Waals surface area (Å²) in [7, 11) is -3.58. The molecule has 0 radical (unpaired) electrons. The van der Waals surface area contributed by atoms with Crippen LogP contribution in [0.1, 0.15) is 38.5 Å². The Balaban J connectivity index is 1.32. The fourth-order valence-corrected chi connectivity index (χ4v) is 6.37. The fraction of sp³-hybridized carbons (Fsp3) is 0.455. The molecular weight excluding hydrogens is 434 g/mol. The number of thiophene rings is 1. The van der Waals surface area contributed by atoms with Gasteiger partial charge in [-0.05, 0) is 68.0 Å². The van der Waals surface area contributed by atoms with E-state index >= 15 is 0 Å². The zero-order chi connectivity index (χ0) is 22.0. The highest BCUT2D eigenvalue weighted by atomic mass is 32.2. The lowest BCUT2D eigenvalue weighted by Gasteiger charge is -2.34. The number of hydrogen-bond donors (Lipinski definition) is 1. The molecule has 1 aromatic carbocycles. The first-order valence-corrected chi connectivity index (χ1v) is 12.8. The van der Waals surface area contributed by atoms with Crippen molar-refractivity contribution in [1.82, 2.24) is 14.5 Å². The number of sulfonamides is 1. The lowest BCUT2D eigenvalue weighted by molar-refractivity contribution is -0.131. The second-order valence-electron chi connectivity index (χ2n) is 8.02. The number of fused-ring (bicyclic) bond motifs is 1. The molecule has 1 aromatic heterocycles. The van der Waals surface area contributed by atoms with E-state index in [0.717, 1.165) is 36.1 Å². The van der Waals surface area contributed by atoms with E-state index in [1.54, 1.807) is 17.0 Å². The molecule has 2 aromatic rings. The third-order valence-corrected chi connectivity index (χ3v) is 8.81. The van der Waals surface area contributed by atoms with E-state index in [1.807, 2.05) is 25.1 Å². The SMILES string of the molecule is Cc1ccc(C(=O)NCC(=O)N2CCN(S(=O)(=O)c3ccc4c(c3)CCCC4)CC2)s1. The minimum Gasteiger partial charge on any atom is -0.342 e. The lowest BCUT2D eigenvalue weighted by atomic mass is 9.92. The van der Waals surface area contributed by atoms with Crippen LogP contribution in [0.3, 0.4) is 0 Å². The maximum absolute atomic E-state index is 13.1. The second-order valence-corrected chi connectivity index (χ2v) is 11.2. The van der Waals surface area contributed by atoms with Crippen LogP contribution in [-0.2, 0) is 27.7 Å². The van der Waals surface area contributed by atoms with Crippen molar-refractivity contribution in [2.45, 2.75) is 37.5 Å². The summed E-state index contributed by atoms with van der Waals surface area (Å²) in [5.74, 6) is -0.465. The molecule has 0 spiro atoms. The van der Waals surface area contributed by atoms with Crippen LogP contribution in [0.2, 0.25) is 0 Å². The van der Waals surface area contributed by atoms with Crippen LogP contribution >= 0.6 is 11.3 Å². The monoisotopic (exact) mass is 461 g/mol. The molecule has 9 heteroatoms. The zero-order valence-corrected chi connectivity index (χ0v) is 19.2. The number of carbonyl (C=O) groups excluding carboxylic acids is 2. The summed E-state index contributed by atoms with van der Waals surface area (Å²) >= 11 is 1.38. The van der Waals surface area contributed by atoms with E-state index in [0.29, 0.717) is 22.9 Å². The smallest absolute Gasteiger partial charge is 0.261 e. The number of rotatable bonds is 5. The standard InChI is InChI=1S/C22H27N3O4S2/c1-16-6-9-20(30-16)22(27)23-15-21(26)24-10-12-25(13-11-24)31(28,29)19-8-7-17-4-2-3-5-18(17)14-19/h6-9,14H,2-5,10-13,15H2,1H3,(H,23,27). The minimum absolute atomic E-state index is 0.0899. The Kier molecular flexibility index (Phi) is 6.45. The van der Waals surface area contributed by atoms with Crippen LogP contribution in [0.15, 0.2) is 35.2 Å². The molecule has 7 nitrogen and oxygen atoms in total. The third-order valence-electron chi connectivity index (χ3n) is 5.91. The topological polar surface area (TPSA) is 86.8 Å². The van der Waals surface area contributed by atoms with Crippen molar-refractivity contribution < 1.29 is 18.0 Å². The Bertz CT molecular complexity index is 1090. The summed E-state index contributed by atoms with van der Waals surface area (Å²) in [4.78, 5) is 28.2. The third kappa shape index (κ3) is 4.83. The molecule has 2 aliphatic rings. The molecule has 1 aliphatic carbocycles. The van der Waals surface area contributed by atoms with Gasteiger partial charge in [-0.2, -0.15) is 4.31 Å². The maximum Gasteiger partial charge on any atom is 0.261 e. The quantitative estimate of drug-likeness (QED) is 0.740. The van der Waals surface area contributed by atoms with Gasteiger partial charge >= 0.3 is 0 Å². The molecule has 1 aliphatic heterocycles. The van der Waals surface area contributed by atoms with Crippen LogP contribution in [0.4, 0.5) is 0 Å². The van der Waals surface area contributed by atoms with Gasteiger partial charge in [-0.1, -0.05) is 6.07 Å². The number of aryl methyl sites for hydroxylation is 3. The summed E-state index contributed by atoms with van der Waals surface area (Å²) in [5.41, 5.74) is 2.39. The van der Waals surface area contributed by atoms with Crippen molar-refractivity contribution >= 4 is 33.2 Å². The van der Waals surface area contributed by atoms with E-state index in [2.05, 4.69) is 5.32 Å². The highest BCUT2D eigenvalue weighted by Crippen LogP contribution is 2.26. The van der Waals surface area contributed by atoms with Crippen molar-refractivity contribution in [2.24, 2.45) is 0 Å². The van der Waals surface area contributed by atoms with Crippen molar-refractivity contribution in [1.29, 1.82) is 0 Å². The van der Waals surface area contributed by atoms with E-state index in [4.69, 9.17) is 0 Å². The van der Waals surface area contributed by atoms with Gasteiger partial charge < -0.3 is 10.2 Å². The first-order chi connectivity index (χ1) is 14.8. The van der Waals surface area contributed by atoms with Crippen LogP contribution < -0.4 is 5.32 Å². The lowest BCUT2D eigenvalue weighted by Crippen LogP contribution is -2.52. The fourth-order valence-electron chi connectivity index (χ4n) is 4.11. The molecular formula is C22H27N3O4S2. The molecule has 166 valence electrons. The van der Waals surface area contributed by atoms with E-state index in [9.17, 15) is 18.0 Å². The van der Waals surface area contributed by atoms with E-state index in [-0.39, 0.29) is 31.4 Å². The molecule has 0 saturated carbocycles. The highest BCUT2D eigenvalue weighted by molar-refractivity contribution is 7.89. The number of benzene rings is 1. The van der Waals surface area contributed by atoms with Crippen LogP contribution in [0.25, 0.3) is 0 Å². The summed E-state index contributed by atoms with van der Waals surface area (Å²) < 4.78 is 27.6. The zero-order valence-electron chi connectivity index (χ0n) is 17.6. The van der Waals surface area contributed by atoms with Gasteiger partial charge in [0.2, 0.25) is 15.9 Å². The minimum atomic E-state index is -3.58. The average Bonchev–Trinajstić information content (AvgIpc) is 3.23. The van der Waals surface area contributed by atoms with Crippen molar-refractivity contribution in [3.8, 4) is 0 Å². The summed E-state index contributed by atoms with van der Waals surface area (Å²) in [6.07, 6.45) is 4.19. The molecule has 2 heterocycles. The van der Waals surface area contributed by atoms with Gasteiger partial charge in [-0.15, -0.1) is 11.3 Å². The summed E-state index contributed by atoms with van der Waals surface area (Å²) in [5, 5.41) is 2.65. The van der Waals surface area contributed by atoms with E-state index in [1.165, 1.54) is 21.2 Å². The van der Waals surface area contributed by atoms with Gasteiger partial charge in [0, 0.05) is 31.1 Å². The normalized spacial score (nSPS) is 17.3. The Labute approximate surface area is 187 Å². The Morgan fingerprint density at radius 2 is 1.71 bits per heavy atom. The Morgan fingerprint density at radius 1 is 1.00 bits per heavy atom. The van der Waals surface area contributed by atoms with Gasteiger partial charge in [0.1, 0.15) is 0 Å². The summed E-state index contributed by atoms with van der Waals surface area (Å²) in [6.45, 7) is 2.97. The molecule has 0 bridgehead atoms. The van der Waals surface area contributed by atoms with Gasteiger partial charge in [-0.3, -0.25) is 9.59 Å².